The van der Waals surface area contributed by atoms with E-state index >= 15 is 0 Å². The second-order valence-corrected chi connectivity index (χ2v) is 2.01. The van der Waals surface area contributed by atoms with Crippen molar-refractivity contribution in [2.45, 2.75) is 0 Å². The van der Waals surface area contributed by atoms with E-state index in [1.54, 1.807) is 6.07 Å². The summed E-state index contributed by atoms with van der Waals surface area (Å²) in [4.78, 5) is 17.8. The predicted molar refractivity (Wildman–Crippen MR) is 41.8 cm³/mol. The quantitative estimate of drug-likeness (QED) is 0.595. The molecule has 0 bridgehead atoms. The lowest BCUT2D eigenvalue weighted by Crippen LogP contribution is -2.09. The van der Waals surface area contributed by atoms with Gasteiger partial charge in [0.15, 0.2) is 5.82 Å². The summed E-state index contributed by atoms with van der Waals surface area (Å²) in [6, 6.07) is 1.63. The van der Waals surface area contributed by atoms with Crippen molar-refractivity contribution in [2.75, 3.05) is 0 Å². The highest BCUT2D eigenvalue weighted by molar-refractivity contribution is 5.90. The van der Waals surface area contributed by atoms with Gasteiger partial charge in [-0.1, -0.05) is 0 Å². The Hall–Kier alpha value is -1.91. The third kappa shape index (κ3) is 2.05. The number of carboxylic acid groups (broad SMARTS) is 1. The Labute approximate surface area is 68.6 Å². The first-order valence-corrected chi connectivity index (χ1v) is 3.17. The van der Waals surface area contributed by atoms with Crippen LogP contribution in [0.4, 0.5) is 0 Å². The molecule has 1 rings (SSSR count). The van der Waals surface area contributed by atoms with Crippen LogP contribution in [0.5, 0.6) is 0 Å². The van der Waals surface area contributed by atoms with Gasteiger partial charge < -0.3 is 10.8 Å². The molecular weight excluding hydrogens is 158 g/mol. The molecule has 0 unspecified atom stereocenters. The fourth-order valence-corrected chi connectivity index (χ4v) is 0.586. The molecule has 62 valence electrons. The first-order valence-electron chi connectivity index (χ1n) is 3.17. The molecule has 0 radical (unpaired) electrons. The number of nitrogens with zero attached hydrogens (tertiary/aromatic N) is 2. The van der Waals surface area contributed by atoms with Gasteiger partial charge in [-0.25, -0.2) is 14.8 Å². The number of carbonyl (C=O) groups is 1. The van der Waals surface area contributed by atoms with E-state index in [2.05, 4.69) is 9.97 Å². The largest absolute Gasteiger partial charge is 0.477 e. The van der Waals surface area contributed by atoms with E-state index in [0.29, 0.717) is 0 Å². The van der Waals surface area contributed by atoms with Crippen LogP contribution in [0, 0.1) is 0 Å². The van der Waals surface area contributed by atoms with Gasteiger partial charge in [0.2, 0.25) is 0 Å². The first-order chi connectivity index (χ1) is 5.70. The van der Waals surface area contributed by atoms with Crippen LogP contribution < -0.4 is 5.73 Å². The van der Waals surface area contributed by atoms with Gasteiger partial charge in [-0.15, -0.1) is 0 Å². The number of carboxylic acids is 1. The lowest BCUT2D eigenvalue weighted by atomic mass is 10.4. The Morgan fingerprint density at radius 1 is 1.50 bits per heavy atom. The highest BCUT2D eigenvalue weighted by Gasteiger charge is 2.00. The number of hydrogen-bond donors (Lipinski definition) is 2. The third-order valence-electron chi connectivity index (χ3n) is 1.12. The summed E-state index contributed by atoms with van der Waals surface area (Å²) in [6.45, 7) is 0. The van der Waals surface area contributed by atoms with Gasteiger partial charge >= 0.3 is 5.97 Å². The number of rotatable bonds is 2. The zero-order valence-electron chi connectivity index (χ0n) is 6.14. The second kappa shape index (κ2) is 3.47. The van der Waals surface area contributed by atoms with Crippen molar-refractivity contribution in [1.82, 2.24) is 9.97 Å². The molecule has 0 aliphatic heterocycles. The fraction of sp³-hybridized carbons (Fsp3) is 0. The van der Waals surface area contributed by atoms with Gasteiger partial charge in [0.05, 0.1) is 0 Å². The van der Waals surface area contributed by atoms with Crippen LogP contribution in [-0.2, 0) is 4.79 Å². The summed E-state index contributed by atoms with van der Waals surface area (Å²) in [5.74, 6) is -0.889. The molecule has 0 fully saturated rings. The minimum atomic E-state index is -1.18. The van der Waals surface area contributed by atoms with Crippen molar-refractivity contribution in [1.29, 1.82) is 0 Å². The first kappa shape index (κ1) is 8.19. The molecule has 0 spiro atoms. The molecule has 3 N–H and O–H groups in total. The molecular formula is C7H7N3O2. The molecule has 0 amide bonds. The number of aliphatic carboxylic acids is 1. The maximum Gasteiger partial charge on any atom is 0.351 e. The van der Waals surface area contributed by atoms with E-state index in [4.69, 9.17) is 10.8 Å². The van der Waals surface area contributed by atoms with Gasteiger partial charge in [-0.2, -0.15) is 0 Å². The standard InChI is InChI=1S/C7H7N3O2/c8-5(7(11)12)4-6-9-2-1-3-10-6/h1-4H,8H2,(H,11,12)/b5-4-. The fourth-order valence-electron chi connectivity index (χ4n) is 0.586. The second-order valence-electron chi connectivity index (χ2n) is 2.01. The van der Waals surface area contributed by atoms with Crippen LogP contribution >= 0.6 is 0 Å². The van der Waals surface area contributed by atoms with Crippen LogP contribution in [0.2, 0.25) is 0 Å². The van der Waals surface area contributed by atoms with E-state index in [1.165, 1.54) is 18.5 Å². The van der Waals surface area contributed by atoms with Gasteiger partial charge in [-0.05, 0) is 6.07 Å². The molecule has 0 aromatic carbocycles. The van der Waals surface area contributed by atoms with Crippen LogP contribution in [0.3, 0.4) is 0 Å². The number of hydrogen-bond acceptors (Lipinski definition) is 4. The molecule has 0 atom stereocenters. The number of nitrogens with two attached hydrogens (primary N) is 1. The van der Waals surface area contributed by atoms with E-state index in [0.717, 1.165) is 0 Å². The van der Waals surface area contributed by atoms with Crippen molar-refractivity contribution in [3.63, 3.8) is 0 Å². The van der Waals surface area contributed by atoms with E-state index in [-0.39, 0.29) is 11.5 Å². The highest BCUT2D eigenvalue weighted by atomic mass is 16.4. The summed E-state index contributed by atoms with van der Waals surface area (Å²) in [5, 5.41) is 8.39. The van der Waals surface area contributed by atoms with Crippen molar-refractivity contribution in [3.05, 3.63) is 30.0 Å². The van der Waals surface area contributed by atoms with Crippen molar-refractivity contribution in [2.24, 2.45) is 5.73 Å². The molecule has 5 nitrogen and oxygen atoms in total. The van der Waals surface area contributed by atoms with E-state index in [1.807, 2.05) is 0 Å². The lowest BCUT2D eigenvalue weighted by molar-refractivity contribution is -0.132. The normalized spacial score (nSPS) is 11.2. The van der Waals surface area contributed by atoms with Crippen LogP contribution in [0.1, 0.15) is 5.82 Å². The zero-order valence-corrected chi connectivity index (χ0v) is 6.14. The molecule has 5 heteroatoms. The van der Waals surface area contributed by atoms with Gasteiger partial charge in [0.25, 0.3) is 0 Å². The maximum absolute atomic E-state index is 10.3. The summed E-state index contributed by atoms with van der Waals surface area (Å²) >= 11 is 0. The molecule has 0 aliphatic rings. The Kier molecular flexibility index (Phi) is 2.37. The molecule has 0 saturated heterocycles. The van der Waals surface area contributed by atoms with E-state index in [9.17, 15) is 4.79 Å². The van der Waals surface area contributed by atoms with Gasteiger partial charge in [-0.3, -0.25) is 0 Å². The van der Waals surface area contributed by atoms with Crippen molar-refractivity contribution < 1.29 is 9.90 Å². The highest BCUT2D eigenvalue weighted by Crippen LogP contribution is 1.94. The predicted octanol–water partition coefficient (Wildman–Crippen LogP) is -0.139. The van der Waals surface area contributed by atoms with Gasteiger partial charge in [0, 0.05) is 18.5 Å². The third-order valence-corrected chi connectivity index (χ3v) is 1.12. The Balaban J connectivity index is 2.89. The number of aromatic nitrogens is 2. The average molecular weight is 165 g/mol. The topological polar surface area (TPSA) is 89.1 Å². The average Bonchev–Trinajstić information content (AvgIpc) is 2.06. The van der Waals surface area contributed by atoms with Crippen LogP contribution in [-0.4, -0.2) is 21.0 Å². The van der Waals surface area contributed by atoms with E-state index < -0.39 is 5.97 Å². The molecule has 1 heterocycles. The van der Waals surface area contributed by atoms with Crippen LogP contribution in [0.25, 0.3) is 6.08 Å². The molecule has 1 aromatic rings. The molecule has 1 aromatic heterocycles. The summed E-state index contributed by atoms with van der Waals surface area (Å²) in [5.41, 5.74) is 4.85. The summed E-state index contributed by atoms with van der Waals surface area (Å²) in [6.07, 6.45) is 4.21. The Morgan fingerprint density at radius 2 is 2.08 bits per heavy atom. The van der Waals surface area contributed by atoms with Gasteiger partial charge in [0.1, 0.15) is 5.70 Å². The summed E-state index contributed by atoms with van der Waals surface area (Å²) in [7, 11) is 0. The maximum atomic E-state index is 10.3. The Morgan fingerprint density at radius 3 is 2.58 bits per heavy atom. The van der Waals surface area contributed by atoms with Crippen molar-refractivity contribution in [3.8, 4) is 0 Å². The Bertz CT molecular complexity index is 308. The SMILES string of the molecule is N/C(=C\c1ncccn1)C(=O)O. The zero-order chi connectivity index (χ0) is 8.97. The minimum Gasteiger partial charge on any atom is -0.477 e. The summed E-state index contributed by atoms with van der Waals surface area (Å²) < 4.78 is 0. The smallest absolute Gasteiger partial charge is 0.351 e. The molecule has 12 heavy (non-hydrogen) atoms. The lowest BCUT2D eigenvalue weighted by Gasteiger charge is -1.92. The van der Waals surface area contributed by atoms with Crippen LogP contribution in [0.15, 0.2) is 24.2 Å². The monoisotopic (exact) mass is 165 g/mol. The molecule has 0 aliphatic carbocycles. The molecule has 0 saturated carbocycles. The minimum absolute atomic E-state index is 0.277. The van der Waals surface area contributed by atoms with Crippen molar-refractivity contribution >= 4 is 12.0 Å².